The van der Waals surface area contributed by atoms with E-state index in [2.05, 4.69) is 15.5 Å². The fourth-order valence-electron chi connectivity index (χ4n) is 3.25. The van der Waals surface area contributed by atoms with Crippen molar-refractivity contribution in [3.8, 4) is 5.75 Å². The second-order valence-corrected chi connectivity index (χ2v) is 6.75. The van der Waals surface area contributed by atoms with E-state index in [1.54, 1.807) is 13.1 Å². The van der Waals surface area contributed by atoms with Crippen LogP contribution >= 0.6 is 0 Å². The Bertz CT molecular complexity index is 969. The lowest BCUT2D eigenvalue weighted by Crippen LogP contribution is -2.51. The van der Waals surface area contributed by atoms with Crippen molar-refractivity contribution in [2.24, 2.45) is 10.2 Å². The van der Waals surface area contributed by atoms with Crippen LogP contribution in [0.15, 0.2) is 64.8 Å². The summed E-state index contributed by atoms with van der Waals surface area (Å²) < 4.78 is 5.72. The first-order valence-corrected chi connectivity index (χ1v) is 9.08. The van der Waals surface area contributed by atoms with Crippen LogP contribution in [0.2, 0.25) is 0 Å². The number of anilines is 1. The Morgan fingerprint density at radius 2 is 1.86 bits per heavy atom. The molecule has 0 unspecified atom stereocenters. The number of carbonyl (C=O) groups is 2. The molecule has 2 heterocycles. The third-order valence-corrected chi connectivity index (χ3v) is 4.76. The quantitative estimate of drug-likeness (QED) is 0.868. The molecule has 0 bridgehead atoms. The Morgan fingerprint density at radius 1 is 1.14 bits per heavy atom. The molecule has 150 valence electrons. The van der Waals surface area contributed by atoms with Crippen LogP contribution in [0.1, 0.15) is 19.4 Å². The van der Waals surface area contributed by atoms with Crippen molar-refractivity contribution in [1.82, 2.24) is 5.32 Å². The van der Waals surface area contributed by atoms with Gasteiger partial charge in [0.25, 0.3) is 11.8 Å². The van der Waals surface area contributed by atoms with Gasteiger partial charge in [-0.2, -0.15) is 5.10 Å². The number of rotatable bonds is 4. The second-order valence-electron chi connectivity index (χ2n) is 6.75. The van der Waals surface area contributed by atoms with Crippen LogP contribution in [0.25, 0.3) is 0 Å². The molecule has 4 rings (SSSR count). The van der Waals surface area contributed by atoms with Crippen LogP contribution in [0.3, 0.4) is 0 Å². The first kappa shape index (κ1) is 20.3. The minimum atomic E-state index is -0.786. The predicted molar refractivity (Wildman–Crippen MR) is 114 cm³/mol. The molecule has 7 heteroatoms. The van der Waals surface area contributed by atoms with Gasteiger partial charge in [-0.1, -0.05) is 49.9 Å². The Kier molecular flexibility index (Phi) is 6.07. The van der Waals surface area contributed by atoms with Crippen LogP contribution < -0.4 is 15.0 Å². The van der Waals surface area contributed by atoms with Crippen LogP contribution in [-0.2, 0) is 16.0 Å². The highest BCUT2D eigenvalue weighted by molar-refractivity contribution is 6.43. The summed E-state index contributed by atoms with van der Waals surface area (Å²) in [4.78, 5) is 26.8. The van der Waals surface area contributed by atoms with Crippen molar-refractivity contribution in [2.75, 3.05) is 18.6 Å². The van der Waals surface area contributed by atoms with Crippen molar-refractivity contribution in [2.45, 2.75) is 26.3 Å². The maximum Gasteiger partial charge on any atom is 0.268 e. The van der Waals surface area contributed by atoms with Crippen molar-refractivity contribution in [1.29, 1.82) is 0 Å². The highest BCUT2D eigenvalue weighted by atomic mass is 16.5. The molecule has 2 aliphatic rings. The van der Waals surface area contributed by atoms with E-state index >= 15 is 0 Å². The lowest BCUT2D eigenvalue weighted by atomic mass is 10.0. The molecule has 7 nitrogen and oxygen atoms in total. The molecule has 29 heavy (non-hydrogen) atoms. The summed E-state index contributed by atoms with van der Waals surface area (Å²) >= 11 is 0. The van der Waals surface area contributed by atoms with Gasteiger partial charge in [0.05, 0.1) is 11.4 Å². The third-order valence-electron chi connectivity index (χ3n) is 4.76. The molecule has 2 aliphatic heterocycles. The zero-order chi connectivity index (χ0) is 19.5. The highest BCUT2D eigenvalue weighted by Crippen LogP contribution is 2.29. The van der Waals surface area contributed by atoms with Gasteiger partial charge in [-0.25, -0.2) is 0 Å². The number of para-hydroxylation sites is 2. The van der Waals surface area contributed by atoms with Crippen LogP contribution in [-0.4, -0.2) is 42.9 Å². The van der Waals surface area contributed by atoms with E-state index in [0.29, 0.717) is 30.0 Å². The van der Waals surface area contributed by atoms with Gasteiger partial charge in [-0.15, -0.1) is 5.10 Å². The molecular formula is C22H24N4O3. The van der Waals surface area contributed by atoms with Crippen LogP contribution in [0.5, 0.6) is 5.75 Å². The average molecular weight is 392 g/mol. The van der Waals surface area contributed by atoms with E-state index < -0.39 is 11.9 Å². The zero-order valence-electron chi connectivity index (χ0n) is 15.5. The van der Waals surface area contributed by atoms with Crippen molar-refractivity contribution < 1.29 is 14.3 Å². The summed E-state index contributed by atoms with van der Waals surface area (Å²) in [6, 6.07) is 16.4. The number of carbonyl (C=O) groups excluding carboxylic acids is 2. The normalized spacial score (nSPS) is 17.9. The summed E-state index contributed by atoms with van der Waals surface area (Å²) in [5.41, 5.74) is 2.92. The van der Waals surface area contributed by atoms with Gasteiger partial charge in [-0.05, 0) is 17.7 Å². The summed E-state index contributed by atoms with van der Waals surface area (Å²) in [5.74, 6) is -0.0165. The Labute approximate surface area is 170 Å². The molecule has 0 aromatic heterocycles. The van der Waals surface area contributed by atoms with E-state index in [9.17, 15) is 9.59 Å². The number of nitrogens with one attached hydrogen (secondary N) is 1. The molecule has 0 fully saturated rings. The summed E-state index contributed by atoms with van der Waals surface area (Å²) in [7, 11) is 1.67. The Balaban J connectivity index is 0.00000240. The van der Waals surface area contributed by atoms with Gasteiger partial charge in [0.2, 0.25) is 0 Å². The molecule has 2 amide bonds. The molecule has 0 radical (unpaired) electrons. The number of hydrogen-bond acceptors (Lipinski definition) is 5. The van der Waals surface area contributed by atoms with E-state index in [4.69, 9.17) is 4.74 Å². The molecule has 2 aromatic carbocycles. The molecule has 1 atom stereocenters. The Morgan fingerprint density at radius 3 is 2.66 bits per heavy atom. The first-order valence-electron chi connectivity index (χ1n) is 9.08. The zero-order valence-corrected chi connectivity index (χ0v) is 15.5. The average Bonchev–Trinajstić information content (AvgIpc) is 3.15. The number of hydrogen-bond donors (Lipinski definition) is 1. The summed E-state index contributed by atoms with van der Waals surface area (Å²) in [6.07, 6.45) is 1.02. The van der Waals surface area contributed by atoms with E-state index in [1.807, 2.05) is 48.5 Å². The molecule has 0 spiro atoms. The minimum Gasteiger partial charge on any atom is -0.489 e. The topological polar surface area (TPSA) is 83.4 Å². The minimum absolute atomic E-state index is 0. The number of benzene rings is 2. The molecule has 2 aromatic rings. The third kappa shape index (κ3) is 4.34. The maximum atomic E-state index is 12.7. The number of amides is 2. The van der Waals surface area contributed by atoms with Crippen LogP contribution in [0.4, 0.5) is 5.69 Å². The Hall–Kier alpha value is -3.48. The van der Waals surface area contributed by atoms with E-state index in [-0.39, 0.29) is 19.9 Å². The standard InChI is InChI=1S/C21H20N4O3.CH4/c1-25-18-9-5-6-10-19(18)28-13-17(21(25)27)22-20(26)16-12-15(23-24-16)11-14-7-3-2-4-8-14;/h2-10,17H,11-13H2,1H3,(H,22,26);1H4/t17-;/m0./s1. The lowest BCUT2D eigenvalue weighted by molar-refractivity contribution is -0.124. The molecule has 0 saturated carbocycles. The monoisotopic (exact) mass is 392 g/mol. The van der Waals surface area contributed by atoms with Crippen molar-refractivity contribution in [3.05, 3.63) is 60.2 Å². The van der Waals surface area contributed by atoms with E-state index in [1.165, 1.54) is 4.90 Å². The SMILES string of the molecule is C.CN1C(=O)[C@@H](NC(=O)C2=NN=C(Cc3ccccc3)C2)COc2ccccc21. The number of fused-ring (bicyclic) bond motifs is 1. The molecule has 0 saturated heterocycles. The van der Waals surface area contributed by atoms with Gasteiger partial charge in [0.15, 0.2) is 0 Å². The molecule has 0 aliphatic carbocycles. The van der Waals surface area contributed by atoms with Gasteiger partial charge >= 0.3 is 0 Å². The molecular weight excluding hydrogens is 368 g/mol. The maximum absolute atomic E-state index is 12.7. The second kappa shape index (κ2) is 8.68. The fourth-order valence-corrected chi connectivity index (χ4v) is 3.25. The number of nitrogens with zero attached hydrogens (tertiary/aromatic N) is 3. The number of ether oxygens (including phenoxy) is 1. The van der Waals surface area contributed by atoms with Gasteiger partial charge in [0.1, 0.15) is 24.1 Å². The van der Waals surface area contributed by atoms with Crippen molar-refractivity contribution in [3.63, 3.8) is 0 Å². The molecule has 1 N–H and O–H groups in total. The van der Waals surface area contributed by atoms with Gasteiger partial charge < -0.3 is 15.0 Å². The lowest BCUT2D eigenvalue weighted by Gasteiger charge is -2.20. The van der Waals surface area contributed by atoms with E-state index in [0.717, 1.165) is 11.3 Å². The predicted octanol–water partition coefficient (Wildman–Crippen LogP) is 2.61. The largest absolute Gasteiger partial charge is 0.489 e. The fraction of sp³-hybridized carbons (Fsp3) is 0.273. The van der Waals surface area contributed by atoms with Gasteiger partial charge in [0, 0.05) is 19.9 Å². The smallest absolute Gasteiger partial charge is 0.268 e. The summed E-state index contributed by atoms with van der Waals surface area (Å²) in [6.45, 7) is 0.0664. The highest BCUT2D eigenvalue weighted by Gasteiger charge is 2.32. The summed E-state index contributed by atoms with van der Waals surface area (Å²) in [5, 5.41) is 10.9. The first-order chi connectivity index (χ1) is 13.6. The van der Waals surface area contributed by atoms with Crippen LogP contribution in [0, 0.1) is 0 Å². The van der Waals surface area contributed by atoms with Crippen molar-refractivity contribution >= 4 is 28.9 Å². The van der Waals surface area contributed by atoms with Gasteiger partial charge in [-0.3, -0.25) is 9.59 Å². The number of likely N-dealkylation sites (N-methyl/N-ethyl adjacent to an activating group) is 1.